The molecule has 2 rings (SSSR count). The predicted molar refractivity (Wildman–Crippen MR) is 95.7 cm³/mol. The summed E-state index contributed by atoms with van der Waals surface area (Å²) >= 11 is 0. The van der Waals surface area contributed by atoms with Crippen LogP contribution < -0.4 is 16.0 Å². The summed E-state index contributed by atoms with van der Waals surface area (Å²) in [4.78, 5) is 23.0. The fraction of sp³-hybridized carbons (Fsp3) is 0.556. The van der Waals surface area contributed by atoms with E-state index in [2.05, 4.69) is 16.0 Å². The van der Waals surface area contributed by atoms with Gasteiger partial charge in [-0.05, 0) is 43.5 Å². The predicted octanol–water partition coefficient (Wildman–Crippen LogP) is 2.26. The van der Waals surface area contributed by atoms with Gasteiger partial charge in [0.05, 0.1) is 24.3 Å². The Balaban J connectivity index is 1.73. The van der Waals surface area contributed by atoms with Gasteiger partial charge in [0.15, 0.2) is 0 Å². The first-order valence-corrected chi connectivity index (χ1v) is 8.94. The average molecular weight is 403 g/mol. The van der Waals surface area contributed by atoms with Crippen LogP contribution in [0.5, 0.6) is 0 Å². The molecule has 28 heavy (non-hydrogen) atoms. The number of rotatable bonds is 6. The van der Waals surface area contributed by atoms with E-state index in [1.807, 2.05) is 0 Å². The largest absolute Gasteiger partial charge is 0.416 e. The van der Waals surface area contributed by atoms with Crippen LogP contribution in [0.15, 0.2) is 24.3 Å². The molecule has 0 spiro atoms. The van der Waals surface area contributed by atoms with Crippen molar-refractivity contribution >= 4 is 17.6 Å². The van der Waals surface area contributed by atoms with E-state index in [-0.39, 0.29) is 30.3 Å². The molecule has 1 heterocycles. The minimum atomic E-state index is -4.42. The highest BCUT2D eigenvalue weighted by Gasteiger charge is 2.31. The van der Waals surface area contributed by atoms with Crippen LogP contribution in [0.3, 0.4) is 0 Å². The summed E-state index contributed by atoms with van der Waals surface area (Å²) in [5, 5.41) is 17.2. The van der Waals surface area contributed by atoms with E-state index in [1.165, 1.54) is 19.1 Å². The van der Waals surface area contributed by atoms with E-state index >= 15 is 0 Å². The molecule has 1 saturated heterocycles. The number of carbonyl (C=O) groups excluding carboxylic acids is 2. The summed E-state index contributed by atoms with van der Waals surface area (Å²) in [6.45, 7) is 1.48. The van der Waals surface area contributed by atoms with Crippen LogP contribution in [0, 0.1) is 0 Å². The van der Waals surface area contributed by atoms with Crippen molar-refractivity contribution < 1.29 is 32.6 Å². The molecule has 1 fully saturated rings. The van der Waals surface area contributed by atoms with Gasteiger partial charge in [0.25, 0.3) is 0 Å². The summed E-state index contributed by atoms with van der Waals surface area (Å²) in [5.41, 5.74) is -0.540. The molecule has 3 amide bonds. The summed E-state index contributed by atoms with van der Waals surface area (Å²) in [7, 11) is 0. The molecule has 1 aliphatic heterocycles. The standard InChI is InChI=1S/C18H24F3N3O4/c1-11(26)23-15-7-6-14(28-16(15)10-25)8-9-22-17(27)24-13-4-2-12(3-5-13)18(19,20)21/h2-5,14-16,25H,6-10H2,1H3,(H,23,26)(H2,22,24,27)/t14-,15+,16+/m1/s1. The molecule has 0 bridgehead atoms. The molecule has 7 nitrogen and oxygen atoms in total. The van der Waals surface area contributed by atoms with Gasteiger partial charge in [-0.3, -0.25) is 4.79 Å². The number of amides is 3. The third kappa shape index (κ3) is 6.68. The van der Waals surface area contributed by atoms with Gasteiger partial charge >= 0.3 is 12.2 Å². The molecule has 0 aromatic heterocycles. The zero-order valence-electron chi connectivity index (χ0n) is 15.4. The van der Waals surface area contributed by atoms with E-state index in [0.717, 1.165) is 12.1 Å². The van der Waals surface area contributed by atoms with Gasteiger partial charge < -0.3 is 25.8 Å². The number of halogens is 3. The van der Waals surface area contributed by atoms with Crippen molar-refractivity contribution in [2.24, 2.45) is 0 Å². The maximum atomic E-state index is 12.5. The minimum absolute atomic E-state index is 0.173. The maximum absolute atomic E-state index is 12.5. The Labute approximate surface area is 160 Å². The minimum Gasteiger partial charge on any atom is -0.394 e. The molecular formula is C18H24F3N3O4. The number of carbonyl (C=O) groups is 2. The van der Waals surface area contributed by atoms with Crippen molar-refractivity contribution in [1.29, 1.82) is 0 Å². The SMILES string of the molecule is CC(=O)N[C@H]1CC[C@H](CCNC(=O)Nc2ccc(C(F)(F)F)cc2)O[C@H]1CO. The highest BCUT2D eigenvalue weighted by Crippen LogP contribution is 2.29. The zero-order chi connectivity index (χ0) is 20.7. The van der Waals surface area contributed by atoms with Gasteiger partial charge in [-0.25, -0.2) is 4.79 Å². The van der Waals surface area contributed by atoms with Crippen LogP contribution >= 0.6 is 0 Å². The van der Waals surface area contributed by atoms with E-state index in [4.69, 9.17) is 4.74 Å². The molecule has 1 aromatic carbocycles. The van der Waals surface area contributed by atoms with Gasteiger partial charge in [-0.2, -0.15) is 13.2 Å². The molecule has 0 unspecified atom stereocenters. The number of urea groups is 1. The van der Waals surface area contributed by atoms with E-state index in [9.17, 15) is 27.9 Å². The van der Waals surface area contributed by atoms with Crippen molar-refractivity contribution in [1.82, 2.24) is 10.6 Å². The molecule has 0 saturated carbocycles. The lowest BCUT2D eigenvalue weighted by molar-refractivity contribution is -0.137. The van der Waals surface area contributed by atoms with E-state index in [1.54, 1.807) is 0 Å². The van der Waals surface area contributed by atoms with Gasteiger partial charge in [0, 0.05) is 19.2 Å². The molecule has 1 aromatic rings. The fourth-order valence-corrected chi connectivity index (χ4v) is 3.03. The van der Waals surface area contributed by atoms with Gasteiger partial charge in [-0.15, -0.1) is 0 Å². The quantitative estimate of drug-likeness (QED) is 0.586. The number of benzene rings is 1. The molecule has 1 aliphatic rings. The Morgan fingerprint density at radius 3 is 2.46 bits per heavy atom. The lowest BCUT2D eigenvalue weighted by Gasteiger charge is -2.36. The number of aliphatic hydroxyl groups is 1. The summed E-state index contributed by atoms with van der Waals surface area (Å²) < 4.78 is 43.3. The summed E-state index contributed by atoms with van der Waals surface area (Å²) in [6.07, 6.45) is -3.26. The van der Waals surface area contributed by atoms with Crippen molar-refractivity contribution in [3.63, 3.8) is 0 Å². The first-order chi connectivity index (χ1) is 13.2. The van der Waals surface area contributed by atoms with Crippen LogP contribution in [-0.2, 0) is 15.7 Å². The van der Waals surface area contributed by atoms with Crippen molar-refractivity contribution in [2.75, 3.05) is 18.5 Å². The second-order valence-electron chi connectivity index (χ2n) is 6.61. The number of ether oxygens (including phenoxy) is 1. The monoisotopic (exact) mass is 403 g/mol. The van der Waals surface area contributed by atoms with Crippen molar-refractivity contribution in [3.8, 4) is 0 Å². The van der Waals surface area contributed by atoms with Crippen LogP contribution in [-0.4, -0.2) is 48.4 Å². The number of nitrogens with one attached hydrogen (secondary N) is 3. The number of alkyl halides is 3. The zero-order valence-corrected chi connectivity index (χ0v) is 15.4. The number of aliphatic hydroxyl groups excluding tert-OH is 1. The Morgan fingerprint density at radius 2 is 1.89 bits per heavy atom. The molecule has 156 valence electrons. The van der Waals surface area contributed by atoms with Crippen molar-refractivity contribution in [3.05, 3.63) is 29.8 Å². The Morgan fingerprint density at radius 1 is 1.21 bits per heavy atom. The van der Waals surface area contributed by atoms with Crippen LogP contribution in [0.25, 0.3) is 0 Å². The number of hydrogen-bond acceptors (Lipinski definition) is 4. The Kier molecular flexibility index (Phi) is 7.64. The second kappa shape index (κ2) is 9.74. The third-order valence-corrected chi connectivity index (χ3v) is 4.41. The fourth-order valence-electron chi connectivity index (χ4n) is 3.03. The highest BCUT2D eigenvalue weighted by molar-refractivity contribution is 5.89. The molecule has 10 heteroatoms. The first-order valence-electron chi connectivity index (χ1n) is 8.94. The molecule has 3 atom stereocenters. The molecule has 0 aliphatic carbocycles. The van der Waals surface area contributed by atoms with Crippen LogP contribution in [0.2, 0.25) is 0 Å². The third-order valence-electron chi connectivity index (χ3n) is 4.41. The van der Waals surface area contributed by atoms with Crippen LogP contribution in [0.1, 0.15) is 31.7 Å². The molecule has 4 N–H and O–H groups in total. The van der Waals surface area contributed by atoms with Gasteiger partial charge in [0.1, 0.15) is 6.10 Å². The average Bonchev–Trinajstić information content (AvgIpc) is 2.62. The van der Waals surface area contributed by atoms with Crippen LogP contribution in [0.4, 0.5) is 23.7 Å². The first kappa shape index (κ1) is 22.0. The second-order valence-corrected chi connectivity index (χ2v) is 6.61. The van der Waals surface area contributed by atoms with E-state index in [0.29, 0.717) is 25.8 Å². The number of hydrogen-bond donors (Lipinski definition) is 4. The summed E-state index contributed by atoms with van der Waals surface area (Å²) in [6, 6.07) is 3.37. The maximum Gasteiger partial charge on any atom is 0.416 e. The summed E-state index contributed by atoms with van der Waals surface area (Å²) in [5.74, 6) is -0.188. The van der Waals surface area contributed by atoms with Crippen molar-refractivity contribution in [2.45, 2.75) is 50.6 Å². The molecule has 0 radical (unpaired) electrons. The Bertz CT molecular complexity index is 667. The smallest absolute Gasteiger partial charge is 0.394 e. The normalized spacial score (nSPS) is 22.4. The molecular weight excluding hydrogens is 379 g/mol. The topological polar surface area (TPSA) is 99.7 Å². The highest BCUT2D eigenvalue weighted by atomic mass is 19.4. The van der Waals surface area contributed by atoms with Gasteiger partial charge in [-0.1, -0.05) is 0 Å². The lowest BCUT2D eigenvalue weighted by atomic mass is 9.97. The Hall–Kier alpha value is -2.33. The van der Waals surface area contributed by atoms with E-state index < -0.39 is 23.9 Å². The number of anilines is 1. The lowest BCUT2D eigenvalue weighted by Crippen LogP contribution is -2.50. The van der Waals surface area contributed by atoms with Gasteiger partial charge in [0.2, 0.25) is 5.91 Å².